The van der Waals surface area contributed by atoms with Gasteiger partial charge in [-0.3, -0.25) is 0 Å². The smallest absolute Gasteiger partial charge is 0.459 e. The lowest BCUT2D eigenvalue weighted by Crippen LogP contribution is -2.33. The molecule has 1 heterocycles. The molecule has 0 aliphatic carbocycles. The van der Waals surface area contributed by atoms with Crippen molar-refractivity contribution in [3.63, 3.8) is 0 Å². The summed E-state index contributed by atoms with van der Waals surface area (Å²) in [4.78, 5) is 2.07. The third-order valence-electron chi connectivity index (χ3n) is 2.52. The molecule has 0 aliphatic heterocycles. The number of nitrogens with one attached hydrogen (secondary N) is 1. The molecule has 1 aromatic carbocycles. The third-order valence-corrected chi connectivity index (χ3v) is 2.52. The molecule has 2 aromatic rings. The molecule has 0 spiro atoms. The maximum atomic E-state index is 13.1. The highest BCUT2D eigenvalue weighted by Crippen LogP contribution is 2.44. The van der Waals surface area contributed by atoms with Crippen LogP contribution in [0.25, 0.3) is 10.9 Å². The van der Waals surface area contributed by atoms with Crippen LogP contribution in [-0.4, -0.2) is 18.3 Å². The molecule has 0 unspecified atom stereocenters. The molecule has 0 bridgehead atoms. The van der Waals surface area contributed by atoms with E-state index in [9.17, 15) is 22.0 Å². The Bertz CT molecular complexity index is 572. The number of hydrogen-bond donors (Lipinski definition) is 1. The summed E-state index contributed by atoms with van der Waals surface area (Å²) in [6, 6.07) is 4.99. The zero-order valence-corrected chi connectivity index (χ0v) is 9.11. The average Bonchev–Trinajstić information content (AvgIpc) is 2.70. The van der Waals surface area contributed by atoms with Crippen LogP contribution in [0.4, 0.5) is 22.0 Å². The molecule has 0 amide bonds. The fraction of sp³-hybridized carbons (Fsp3) is 0.273. The molecule has 2 rings (SSSR count). The largest absolute Gasteiger partial charge is 0.497 e. The number of halogens is 5. The minimum absolute atomic E-state index is 0.190. The van der Waals surface area contributed by atoms with E-state index in [4.69, 9.17) is 4.74 Å². The first-order valence-electron chi connectivity index (χ1n) is 4.87. The van der Waals surface area contributed by atoms with Crippen molar-refractivity contribution in [2.45, 2.75) is 12.1 Å². The predicted octanol–water partition coefficient (Wildman–Crippen LogP) is 3.83. The molecular weight excluding hydrogens is 257 g/mol. The summed E-state index contributed by atoms with van der Waals surface area (Å²) in [5.74, 6) is -4.53. The Morgan fingerprint density at radius 2 is 1.72 bits per heavy atom. The van der Waals surface area contributed by atoms with Crippen LogP contribution in [0.15, 0.2) is 24.3 Å². The van der Waals surface area contributed by atoms with Crippen molar-refractivity contribution in [3.05, 3.63) is 30.0 Å². The minimum atomic E-state index is -5.63. The molecule has 0 atom stereocenters. The highest BCUT2D eigenvalue weighted by Gasteiger charge is 2.59. The highest BCUT2D eigenvalue weighted by atomic mass is 19.4. The van der Waals surface area contributed by atoms with Gasteiger partial charge in [0.25, 0.3) is 0 Å². The molecule has 0 fully saturated rings. The Morgan fingerprint density at radius 1 is 1.06 bits per heavy atom. The van der Waals surface area contributed by atoms with Crippen LogP contribution >= 0.6 is 0 Å². The maximum Gasteiger partial charge on any atom is 0.459 e. The van der Waals surface area contributed by atoms with Crippen LogP contribution in [0.2, 0.25) is 0 Å². The Morgan fingerprint density at radius 3 is 2.28 bits per heavy atom. The lowest BCUT2D eigenvalue weighted by Gasteiger charge is -2.17. The first kappa shape index (κ1) is 12.7. The van der Waals surface area contributed by atoms with Crippen molar-refractivity contribution in [1.82, 2.24) is 4.98 Å². The Labute approximate surface area is 98.4 Å². The van der Waals surface area contributed by atoms with Crippen molar-refractivity contribution in [2.75, 3.05) is 7.11 Å². The second-order valence-electron chi connectivity index (χ2n) is 3.71. The van der Waals surface area contributed by atoms with Crippen molar-refractivity contribution < 1.29 is 26.7 Å². The van der Waals surface area contributed by atoms with E-state index in [1.807, 2.05) is 0 Å². The number of aromatic amines is 1. The molecule has 0 radical (unpaired) electrons. The molecule has 18 heavy (non-hydrogen) atoms. The molecule has 0 aliphatic rings. The van der Waals surface area contributed by atoms with E-state index in [1.54, 1.807) is 0 Å². The number of hydrogen-bond acceptors (Lipinski definition) is 1. The summed E-state index contributed by atoms with van der Waals surface area (Å²) in [5.41, 5.74) is -0.993. The lowest BCUT2D eigenvalue weighted by molar-refractivity contribution is -0.290. The Balaban J connectivity index is 2.54. The standard InChI is InChI=1S/C11H8F5NO/c1-18-7-2-3-8-6(4-7)5-9(17-8)10(12,13)11(14,15)16/h2-5,17H,1H3. The fourth-order valence-corrected chi connectivity index (χ4v) is 1.56. The number of aromatic nitrogens is 1. The normalized spacial score (nSPS) is 13.0. The Kier molecular flexibility index (Phi) is 2.71. The summed E-state index contributed by atoms with van der Waals surface area (Å²) in [6.07, 6.45) is -5.63. The van der Waals surface area contributed by atoms with E-state index >= 15 is 0 Å². The second-order valence-corrected chi connectivity index (χ2v) is 3.71. The summed E-state index contributed by atoms with van der Waals surface area (Å²) >= 11 is 0. The quantitative estimate of drug-likeness (QED) is 0.820. The number of rotatable bonds is 2. The van der Waals surface area contributed by atoms with Crippen molar-refractivity contribution in [2.24, 2.45) is 0 Å². The van der Waals surface area contributed by atoms with Gasteiger partial charge in [0.15, 0.2) is 0 Å². The first-order chi connectivity index (χ1) is 8.25. The third kappa shape index (κ3) is 1.89. The summed E-state index contributed by atoms with van der Waals surface area (Å²) < 4.78 is 67.6. The first-order valence-corrected chi connectivity index (χ1v) is 4.87. The van der Waals surface area contributed by atoms with Crippen LogP contribution in [-0.2, 0) is 5.92 Å². The highest BCUT2D eigenvalue weighted by molar-refractivity contribution is 5.82. The fourth-order valence-electron chi connectivity index (χ4n) is 1.56. The zero-order chi connectivity index (χ0) is 13.6. The van der Waals surface area contributed by atoms with Crippen LogP contribution < -0.4 is 4.74 Å². The van der Waals surface area contributed by atoms with Crippen LogP contribution in [0.3, 0.4) is 0 Å². The molecule has 7 heteroatoms. The van der Waals surface area contributed by atoms with Gasteiger partial charge in [-0.05, 0) is 24.3 Å². The van der Waals surface area contributed by atoms with Gasteiger partial charge in [0, 0.05) is 10.9 Å². The molecular formula is C11H8F5NO. The van der Waals surface area contributed by atoms with Crippen LogP contribution in [0.5, 0.6) is 5.75 Å². The monoisotopic (exact) mass is 265 g/mol. The number of alkyl halides is 5. The van der Waals surface area contributed by atoms with Crippen LogP contribution in [0, 0.1) is 0 Å². The van der Waals surface area contributed by atoms with Crippen molar-refractivity contribution in [3.8, 4) is 5.75 Å². The summed E-state index contributed by atoms with van der Waals surface area (Å²) in [7, 11) is 1.37. The number of H-pyrrole nitrogens is 1. The number of ether oxygens (including phenoxy) is 1. The second kappa shape index (κ2) is 3.86. The maximum absolute atomic E-state index is 13.1. The van der Waals surface area contributed by atoms with E-state index in [0.29, 0.717) is 5.75 Å². The minimum Gasteiger partial charge on any atom is -0.497 e. The van der Waals surface area contributed by atoms with E-state index < -0.39 is 17.8 Å². The Hall–Kier alpha value is -1.79. The summed E-state index contributed by atoms with van der Waals surface area (Å²) in [6.45, 7) is 0. The van der Waals surface area contributed by atoms with Gasteiger partial charge >= 0.3 is 12.1 Å². The van der Waals surface area contributed by atoms with E-state index in [-0.39, 0.29) is 10.9 Å². The SMILES string of the molecule is COc1ccc2[nH]c(C(F)(F)C(F)(F)F)cc2c1. The number of benzene rings is 1. The topological polar surface area (TPSA) is 25.0 Å². The van der Waals surface area contributed by atoms with Gasteiger partial charge in [-0.1, -0.05) is 0 Å². The van der Waals surface area contributed by atoms with E-state index in [1.165, 1.54) is 25.3 Å². The van der Waals surface area contributed by atoms with Gasteiger partial charge < -0.3 is 9.72 Å². The number of methoxy groups -OCH3 is 1. The van der Waals surface area contributed by atoms with E-state index in [0.717, 1.165) is 6.07 Å². The van der Waals surface area contributed by atoms with Gasteiger partial charge in [-0.2, -0.15) is 22.0 Å². The van der Waals surface area contributed by atoms with Gasteiger partial charge in [-0.25, -0.2) is 0 Å². The molecule has 98 valence electrons. The van der Waals surface area contributed by atoms with Gasteiger partial charge in [-0.15, -0.1) is 0 Å². The van der Waals surface area contributed by atoms with Gasteiger partial charge in [0.1, 0.15) is 5.75 Å². The summed E-state index contributed by atoms with van der Waals surface area (Å²) in [5, 5.41) is 0.230. The van der Waals surface area contributed by atoms with Gasteiger partial charge in [0.05, 0.1) is 12.8 Å². The average molecular weight is 265 g/mol. The van der Waals surface area contributed by atoms with Crippen molar-refractivity contribution in [1.29, 1.82) is 0 Å². The molecule has 2 nitrogen and oxygen atoms in total. The van der Waals surface area contributed by atoms with Crippen molar-refractivity contribution >= 4 is 10.9 Å². The number of fused-ring (bicyclic) bond motifs is 1. The zero-order valence-electron chi connectivity index (χ0n) is 9.11. The van der Waals surface area contributed by atoms with Crippen LogP contribution in [0.1, 0.15) is 5.69 Å². The molecule has 0 saturated carbocycles. The molecule has 1 N–H and O–H groups in total. The lowest BCUT2D eigenvalue weighted by atomic mass is 10.2. The van der Waals surface area contributed by atoms with Gasteiger partial charge in [0.2, 0.25) is 0 Å². The molecule has 1 aromatic heterocycles. The van der Waals surface area contributed by atoms with E-state index in [2.05, 4.69) is 4.98 Å². The molecule has 0 saturated heterocycles. The predicted molar refractivity (Wildman–Crippen MR) is 54.8 cm³/mol.